The summed E-state index contributed by atoms with van der Waals surface area (Å²) in [6, 6.07) is 0. The van der Waals surface area contributed by atoms with Crippen LogP contribution in [0, 0.1) is 22.7 Å². The van der Waals surface area contributed by atoms with Crippen LogP contribution in [0.5, 0.6) is 0 Å². The Bertz CT molecular complexity index is 766. The fraction of sp³-hybridized carbons (Fsp3) is 0.708. The van der Waals surface area contributed by atoms with Crippen molar-refractivity contribution in [2.45, 2.75) is 66.2 Å². The first-order valence-electron chi connectivity index (χ1n) is 11.0. The Morgan fingerprint density at radius 2 is 1.93 bits per heavy atom. The van der Waals surface area contributed by atoms with Crippen LogP contribution in [0.1, 0.15) is 66.2 Å². The van der Waals surface area contributed by atoms with Gasteiger partial charge >= 0.3 is 17.9 Å². The number of rotatable bonds is 7. The normalized spacial score (nSPS) is 33.1. The van der Waals surface area contributed by atoms with Gasteiger partial charge in [0.1, 0.15) is 19.8 Å². The minimum Gasteiger partial charge on any atom is -0.465 e. The van der Waals surface area contributed by atoms with Gasteiger partial charge in [0.05, 0.1) is 0 Å². The van der Waals surface area contributed by atoms with E-state index in [4.69, 9.17) is 14.2 Å². The average Bonchev–Trinajstić information content (AvgIpc) is 3.12. The second-order valence-corrected chi connectivity index (χ2v) is 9.43. The average molecular weight is 419 g/mol. The summed E-state index contributed by atoms with van der Waals surface area (Å²) >= 11 is 0. The van der Waals surface area contributed by atoms with Gasteiger partial charge in [0.2, 0.25) is 0 Å². The smallest absolute Gasteiger partial charge is 0.331 e. The molecule has 0 aromatic carbocycles. The predicted molar refractivity (Wildman–Crippen MR) is 111 cm³/mol. The molecule has 1 heterocycles. The first-order chi connectivity index (χ1) is 14.2. The quantitative estimate of drug-likeness (QED) is 0.351. The molecule has 0 aromatic heterocycles. The second kappa shape index (κ2) is 8.94. The predicted octanol–water partition coefficient (Wildman–Crippen LogP) is 4.14. The molecular formula is C24H34O6. The molecule has 0 saturated heterocycles. The maximum absolute atomic E-state index is 11.7. The number of allylic oxidation sites excluding steroid dienone is 1. The van der Waals surface area contributed by atoms with Crippen molar-refractivity contribution in [1.29, 1.82) is 0 Å². The lowest BCUT2D eigenvalue weighted by Crippen LogP contribution is -2.54. The lowest BCUT2D eigenvalue weighted by molar-refractivity contribution is -0.153. The van der Waals surface area contributed by atoms with Crippen LogP contribution in [-0.4, -0.2) is 37.7 Å². The highest BCUT2D eigenvalue weighted by Gasteiger charge is 2.56. The summed E-state index contributed by atoms with van der Waals surface area (Å²) < 4.78 is 16.1. The Kier molecular flexibility index (Phi) is 6.73. The second-order valence-electron chi connectivity index (χ2n) is 9.43. The van der Waals surface area contributed by atoms with Crippen molar-refractivity contribution in [2.75, 3.05) is 19.8 Å². The molecule has 0 spiro atoms. The van der Waals surface area contributed by atoms with Crippen molar-refractivity contribution in [3.8, 4) is 0 Å². The summed E-state index contributed by atoms with van der Waals surface area (Å²) in [4.78, 5) is 34.6. The number of fused-ring (bicyclic) bond motifs is 1. The zero-order chi connectivity index (χ0) is 21.9. The Morgan fingerprint density at radius 1 is 1.20 bits per heavy atom. The van der Waals surface area contributed by atoms with Crippen molar-refractivity contribution in [3.05, 3.63) is 23.3 Å². The van der Waals surface area contributed by atoms with E-state index in [0.29, 0.717) is 25.0 Å². The van der Waals surface area contributed by atoms with Gasteiger partial charge in [0.25, 0.3) is 0 Å². The molecule has 4 unspecified atom stereocenters. The molecule has 6 heteroatoms. The zero-order valence-corrected chi connectivity index (χ0v) is 18.6. The highest BCUT2D eigenvalue weighted by Crippen LogP contribution is 2.62. The number of hydrogen-bond acceptors (Lipinski definition) is 6. The maximum atomic E-state index is 11.7. The third kappa shape index (κ3) is 4.47. The molecule has 3 aliphatic rings. The van der Waals surface area contributed by atoms with Crippen LogP contribution >= 0.6 is 0 Å². The number of esters is 3. The zero-order valence-electron chi connectivity index (χ0n) is 18.6. The molecule has 0 N–H and O–H groups in total. The van der Waals surface area contributed by atoms with Crippen LogP contribution in [0.15, 0.2) is 23.3 Å². The third-order valence-electron chi connectivity index (χ3n) is 7.77. The van der Waals surface area contributed by atoms with E-state index >= 15 is 0 Å². The maximum Gasteiger partial charge on any atom is 0.331 e. The monoisotopic (exact) mass is 418 g/mol. The minimum atomic E-state index is -0.309. The molecule has 0 amide bonds. The number of ether oxygens (including phenoxy) is 3. The van der Waals surface area contributed by atoms with Gasteiger partial charge in [-0.1, -0.05) is 19.9 Å². The van der Waals surface area contributed by atoms with E-state index in [2.05, 4.69) is 19.9 Å². The van der Waals surface area contributed by atoms with E-state index in [1.165, 1.54) is 13.8 Å². The van der Waals surface area contributed by atoms with Crippen molar-refractivity contribution in [3.63, 3.8) is 0 Å². The van der Waals surface area contributed by atoms with Gasteiger partial charge in [0, 0.05) is 25.3 Å². The molecular weight excluding hydrogens is 384 g/mol. The molecule has 3 rings (SSSR count). The van der Waals surface area contributed by atoms with Crippen LogP contribution in [0.2, 0.25) is 0 Å². The molecule has 1 fully saturated rings. The van der Waals surface area contributed by atoms with Crippen LogP contribution in [0.3, 0.4) is 0 Å². The van der Waals surface area contributed by atoms with Crippen LogP contribution < -0.4 is 0 Å². The van der Waals surface area contributed by atoms with E-state index in [0.717, 1.165) is 49.7 Å². The number of cyclic esters (lactones) is 1. The van der Waals surface area contributed by atoms with Gasteiger partial charge in [-0.2, -0.15) is 0 Å². The third-order valence-corrected chi connectivity index (χ3v) is 7.77. The standard InChI is InChI=1S/C24H34O6/c1-16-8-11-24(15-30-18(3)26)20(14-28-17(2)25)6-5-7-21(24)23(16,4)10-9-19-12-22(27)29-13-19/h6,12,16,21H,5,7-11,13-15H2,1-4H3. The van der Waals surface area contributed by atoms with Gasteiger partial charge < -0.3 is 14.2 Å². The largest absolute Gasteiger partial charge is 0.465 e. The molecule has 0 aromatic rings. The highest BCUT2D eigenvalue weighted by molar-refractivity contribution is 5.85. The summed E-state index contributed by atoms with van der Waals surface area (Å²) in [5.41, 5.74) is 1.85. The molecule has 6 nitrogen and oxygen atoms in total. The minimum absolute atomic E-state index is 0.0145. The summed E-state index contributed by atoms with van der Waals surface area (Å²) in [5.74, 6) is -0.0275. The van der Waals surface area contributed by atoms with Crippen LogP contribution in [0.4, 0.5) is 0 Å². The molecule has 0 bridgehead atoms. The van der Waals surface area contributed by atoms with E-state index in [1.54, 1.807) is 6.08 Å². The Balaban J connectivity index is 1.90. The topological polar surface area (TPSA) is 78.9 Å². The van der Waals surface area contributed by atoms with Gasteiger partial charge in [-0.05, 0) is 66.9 Å². The molecule has 2 aliphatic carbocycles. The Hall–Kier alpha value is -2.11. The highest BCUT2D eigenvalue weighted by atomic mass is 16.5. The van der Waals surface area contributed by atoms with Crippen molar-refractivity contribution in [2.24, 2.45) is 22.7 Å². The summed E-state index contributed by atoms with van der Waals surface area (Å²) in [7, 11) is 0. The Morgan fingerprint density at radius 3 is 2.57 bits per heavy atom. The van der Waals surface area contributed by atoms with Gasteiger partial charge in [-0.25, -0.2) is 4.79 Å². The first kappa shape index (κ1) is 22.6. The lowest BCUT2D eigenvalue weighted by Gasteiger charge is -2.59. The summed E-state index contributed by atoms with van der Waals surface area (Å²) in [6.45, 7) is 8.49. The molecule has 30 heavy (non-hydrogen) atoms. The fourth-order valence-corrected chi connectivity index (χ4v) is 5.86. The van der Waals surface area contributed by atoms with Crippen LogP contribution in [-0.2, 0) is 28.6 Å². The van der Waals surface area contributed by atoms with Gasteiger partial charge in [-0.15, -0.1) is 0 Å². The van der Waals surface area contributed by atoms with Gasteiger partial charge in [-0.3, -0.25) is 9.59 Å². The van der Waals surface area contributed by atoms with Crippen LogP contribution in [0.25, 0.3) is 0 Å². The fourth-order valence-electron chi connectivity index (χ4n) is 5.86. The van der Waals surface area contributed by atoms with E-state index < -0.39 is 0 Å². The van der Waals surface area contributed by atoms with E-state index in [1.807, 2.05) is 0 Å². The summed E-state index contributed by atoms with van der Waals surface area (Å²) in [5, 5.41) is 0. The van der Waals surface area contributed by atoms with Crippen molar-refractivity contribution >= 4 is 17.9 Å². The number of carbonyl (C=O) groups is 3. The number of hydrogen-bond donors (Lipinski definition) is 0. The van der Waals surface area contributed by atoms with Gasteiger partial charge in [0.15, 0.2) is 0 Å². The Labute approximate surface area is 179 Å². The summed E-state index contributed by atoms with van der Waals surface area (Å²) in [6.07, 6.45) is 9.45. The molecule has 4 atom stereocenters. The van der Waals surface area contributed by atoms with Crippen molar-refractivity contribution in [1.82, 2.24) is 0 Å². The van der Waals surface area contributed by atoms with Crippen molar-refractivity contribution < 1.29 is 28.6 Å². The molecule has 166 valence electrons. The van der Waals surface area contributed by atoms with E-state index in [9.17, 15) is 14.4 Å². The van der Waals surface area contributed by atoms with E-state index in [-0.39, 0.29) is 35.3 Å². The first-order valence-corrected chi connectivity index (χ1v) is 11.0. The molecule has 1 saturated carbocycles. The number of carbonyl (C=O) groups excluding carboxylic acids is 3. The SMILES string of the molecule is CC(=O)OCC1=CCCC2C1(COC(C)=O)CCC(C)C2(C)CCC1=CC(=O)OC1. The molecule has 1 aliphatic heterocycles. The molecule has 0 radical (unpaired) electrons. The lowest BCUT2D eigenvalue weighted by atomic mass is 9.46.